The van der Waals surface area contributed by atoms with Gasteiger partial charge in [0, 0.05) is 27.8 Å². The Morgan fingerprint density at radius 3 is 1.58 bits per heavy atom. The smallest absolute Gasteiger partial charge is 0.135 e. The van der Waals surface area contributed by atoms with E-state index in [9.17, 15) is 0 Å². The van der Waals surface area contributed by atoms with Gasteiger partial charge in [0.1, 0.15) is 11.2 Å². The SMILES string of the molecule is c1ccc(-c2cccc(-c3cccc(N(c4ccccc4)c4ccc5oc6cc(C7(c8ccccc8)c8ccccc8-c8ccccc87)ccc6c5c4)c3)c2)cc1. The lowest BCUT2D eigenvalue weighted by Gasteiger charge is -2.33. The molecule has 0 saturated carbocycles. The molecule has 1 heterocycles. The lowest BCUT2D eigenvalue weighted by atomic mass is 9.67. The van der Waals surface area contributed by atoms with Crippen molar-refractivity contribution in [3.8, 4) is 33.4 Å². The molecule has 0 N–H and O–H groups in total. The molecule has 1 aliphatic carbocycles. The van der Waals surface area contributed by atoms with Crippen molar-refractivity contribution in [2.75, 3.05) is 4.90 Å². The molecule has 0 atom stereocenters. The molecule has 10 aromatic rings. The number of rotatable bonds is 7. The van der Waals surface area contributed by atoms with Crippen LogP contribution in [0.5, 0.6) is 0 Å². The first-order chi connectivity index (χ1) is 28.3. The van der Waals surface area contributed by atoms with Gasteiger partial charge < -0.3 is 9.32 Å². The normalized spacial score (nSPS) is 12.7. The maximum absolute atomic E-state index is 6.76. The molecular formula is C55H37NO. The third-order valence-corrected chi connectivity index (χ3v) is 11.7. The number of hydrogen-bond acceptors (Lipinski definition) is 2. The van der Waals surface area contributed by atoms with Crippen LogP contribution in [0.1, 0.15) is 22.3 Å². The summed E-state index contributed by atoms with van der Waals surface area (Å²) < 4.78 is 6.76. The summed E-state index contributed by atoms with van der Waals surface area (Å²) >= 11 is 0. The molecule has 57 heavy (non-hydrogen) atoms. The number of hydrogen-bond donors (Lipinski definition) is 0. The van der Waals surface area contributed by atoms with Gasteiger partial charge in [-0.2, -0.15) is 0 Å². The largest absolute Gasteiger partial charge is 0.456 e. The Labute approximate surface area is 332 Å². The Morgan fingerprint density at radius 2 is 0.860 bits per heavy atom. The van der Waals surface area contributed by atoms with E-state index in [1.54, 1.807) is 0 Å². The second-order valence-corrected chi connectivity index (χ2v) is 14.9. The predicted octanol–water partition coefficient (Wildman–Crippen LogP) is 14.8. The molecule has 2 heteroatoms. The highest BCUT2D eigenvalue weighted by molar-refractivity contribution is 6.07. The van der Waals surface area contributed by atoms with Gasteiger partial charge in [0.25, 0.3) is 0 Å². The van der Waals surface area contributed by atoms with Crippen LogP contribution < -0.4 is 4.90 Å². The zero-order valence-electron chi connectivity index (χ0n) is 31.2. The van der Waals surface area contributed by atoms with Crippen LogP contribution in [0, 0.1) is 0 Å². The average Bonchev–Trinajstić information content (AvgIpc) is 3.81. The van der Waals surface area contributed by atoms with E-state index in [0.29, 0.717) is 0 Å². The number of benzene rings is 9. The van der Waals surface area contributed by atoms with E-state index in [1.165, 1.54) is 50.1 Å². The van der Waals surface area contributed by atoms with Crippen molar-refractivity contribution in [2.45, 2.75) is 5.41 Å². The molecule has 0 saturated heterocycles. The predicted molar refractivity (Wildman–Crippen MR) is 237 cm³/mol. The molecule has 1 aliphatic rings. The highest BCUT2D eigenvalue weighted by Crippen LogP contribution is 2.56. The van der Waals surface area contributed by atoms with Gasteiger partial charge in [0.15, 0.2) is 0 Å². The lowest BCUT2D eigenvalue weighted by molar-refractivity contribution is 0.665. The standard InChI is InChI=1S/C55H37NO/c1-4-16-38(17-5-1)39-18-14-19-40(34-39)41-20-15-25-45(35-41)56(44-23-8-3-9-24-44)46-31-33-53-50(37-46)49-32-30-43(36-54(49)57-53)55(42-21-6-2-7-22-42)51-28-12-10-26-47(51)48-27-11-13-29-52(48)55/h1-37H. The summed E-state index contributed by atoms with van der Waals surface area (Å²) in [7, 11) is 0. The Morgan fingerprint density at radius 1 is 0.316 bits per heavy atom. The summed E-state index contributed by atoms with van der Waals surface area (Å²) in [5.74, 6) is 0. The molecule has 0 bridgehead atoms. The van der Waals surface area contributed by atoms with E-state index in [1.807, 2.05) is 0 Å². The second kappa shape index (κ2) is 13.4. The minimum Gasteiger partial charge on any atom is -0.456 e. The molecule has 0 spiro atoms. The van der Waals surface area contributed by atoms with E-state index in [0.717, 1.165) is 44.6 Å². The third kappa shape index (κ3) is 5.33. The molecule has 0 amide bonds. The summed E-state index contributed by atoms with van der Waals surface area (Å²) in [6, 6.07) is 81.0. The van der Waals surface area contributed by atoms with Crippen molar-refractivity contribution in [1.29, 1.82) is 0 Å². The molecular weight excluding hydrogens is 691 g/mol. The zero-order valence-corrected chi connectivity index (χ0v) is 31.2. The van der Waals surface area contributed by atoms with Crippen LogP contribution in [0.4, 0.5) is 17.1 Å². The minimum atomic E-state index is -0.484. The van der Waals surface area contributed by atoms with Gasteiger partial charge in [0.05, 0.1) is 5.41 Å². The van der Waals surface area contributed by atoms with Crippen LogP contribution in [0.3, 0.4) is 0 Å². The van der Waals surface area contributed by atoms with Gasteiger partial charge in [-0.15, -0.1) is 0 Å². The summed E-state index contributed by atoms with van der Waals surface area (Å²) in [6.07, 6.45) is 0. The molecule has 0 fully saturated rings. The van der Waals surface area contributed by atoms with Gasteiger partial charge in [0.2, 0.25) is 0 Å². The van der Waals surface area contributed by atoms with Gasteiger partial charge in [-0.1, -0.05) is 170 Å². The van der Waals surface area contributed by atoms with E-state index in [-0.39, 0.29) is 0 Å². The molecule has 11 rings (SSSR count). The van der Waals surface area contributed by atoms with Gasteiger partial charge in [-0.3, -0.25) is 0 Å². The van der Waals surface area contributed by atoms with Crippen molar-refractivity contribution >= 4 is 39.0 Å². The first kappa shape index (κ1) is 33.0. The molecule has 2 nitrogen and oxygen atoms in total. The fourth-order valence-corrected chi connectivity index (χ4v) is 9.21. The Balaban J connectivity index is 1.05. The number of para-hydroxylation sites is 1. The van der Waals surface area contributed by atoms with Crippen molar-refractivity contribution in [3.63, 3.8) is 0 Å². The maximum Gasteiger partial charge on any atom is 0.135 e. The molecule has 0 aliphatic heterocycles. The number of fused-ring (bicyclic) bond motifs is 6. The quantitative estimate of drug-likeness (QED) is 0.163. The van der Waals surface area contributed by atoms with Crippen LogP contribution in [0.15, 0.2) is 229 Å². The fraction of sp³-hybridized carbons (Fsp3) is 0.0182. The van der Waals surface area contributed by atoms with Crippen LogP contribution in [0.25, 0.3) is 55.3 Å². The van der Waals surface area contributed by atoms with Crippen LogP contribution in [0.2, 0.25) is 0 Å². The van der Waals surface area contributed by atoms with Gasteiger partial charge >= 0.3 is 0 Å². The van der Waals surface area contributed by atoms with Crippen molar-refractivity contribution < 1.29 is 4.42 Å². The molecule has 0 radical (unpaired) electrons. The zero-order chi connectivity index (χ0) is 37.8. The lowest BCUT2D eigenvalue weighted by Crippen LogP contribution is -2.28. The van der Waals surface area contributed by atoms with Gasteiger partial charge in [-0.25, -0.2) is 0 Å². The average molecular weight is 728 g/mol. The number of furan rings is 1. The Hall–Kier alpha value is -7.42. The van der Waals surface area contributed by atoms with Gasteiger partial charge in [-0.05, 0) is 110 Å². The molecule has 1 aromatic heterocycles. The van der Waals surface area contributed by atoms with Crippen molar-refractivity contribution in [1.82, 2.24) is 0 Å². The fourth-order valence-electron chi connectivity index (χ4n) is 9.21. The van der Waals surface area contributed by atoms with E-state index < -0.39 is 5.41 Å². The number of nitrogens with zero attached hydrogens (tertiary/aromatic N) is 1. The first-order valence-electron chi connectivity index (χ1n) is 19.6. The van der Waals surface area contributed by atoms with E-state index in [4.69, 9.17) is 4.42 Å². The maximum atomic E-state index is 6.76. The van der Waals surface area contributed by atoms with E-state index in [2.05, 4.69) is 229 Å². The topological polar surface area (TPSA) is 16.4 Å². The van der Waals surface area contributed by atoms with Crippen LogP contribution >= 0.6 is 0 Å². The summed E-state index contributed by atoms with van der Waals surface area (Å²) in [4.78, 5) is 2.34. The van der Waals surface area contributed by atoms with E-state index >= 15 is 0 Å². The van der Waals surface area contributed by atoms with Crippen LogP contribution in [-0.2, 0) is 5.41 Å². The highest BCUT2D eigenvalue weighted by Gasteiger charge is 2.46. The minimum absolute atomic E-state index is 0.484. The molecule has 9 aromatic carbocycles. The Kier molecular flexibility index (Phi) is 7.75. The van der Waals surface area contributed by atoms with Crippen LogP contribution in [-0.4, -0.2) is 0 Å². The van der Waals surface area contributed by atoms with Crippen molar-refractivity contribution in [3.05, 3.63) is 247 Å². The van der Waals surface area contributed by atoms with Crippen molar-refractivity contribution in [2.24, 2.45) is 0 Å². The first-order valence-corrected chi connectivity index (χ1v) is 19.6. The third-order valence-electron chi connectivity index (χ3n) is 11.7. The molecule has 268 valence electrons. The summed E-state index contributed by atoms with van der Waals surface area (Å²) in [5.41, 5.74) is 16.8. The monoisotopic (exact) mass is 727 g/mol. The second-order valence-electron chi connectivity index (χ2n) is 14.9. The highest BCUT2D eigenvalue weighted by atomic mass is 16.3. The summed E-state index contributed by atoms with van der Waals surface area (Å²) in [6.45, 7) is 0. The summed E-state index contributed by atoms with van der Waals surface area (Å²) in [5, 5.41) is 2.18. The molecule has 0 unspecified atom stereocenters. The number of anilines is 3. The Bertz CT molecular complexity index is 3030.